The number of pyridine rings is 3. The van der Waals surface area contributed by atoms with Gasteiger partial charge in [-0.3, -0.25) is 29.9 Å². The number of benzene rings is 3. The number of hydrogen-bond acceptors (Lipinski definition) is 12. The Balaban J connectivity index is 1.05. The zero-order valence-electron chi connectivity index (χ0n) is 41.7. The van der Waals surface area contributed by atoms with Gasteiger partial charge in [-0.1, -0.05) is 54.6 Å². The van der Waals surface area contributed by atoms with Crippen LogP contribution < -0.4 is 14.7 Å². The van der Waals surface area contributed by atoms with Crippen LogP contribution in [0.1, 0.15) is 99.8 Å². The minimum Gasteiger partial charge on any atom is -0.318 e. The van der Waals surface area contributed by atoms with Crippen LogP contribution in [0.4, 0.5) is 17.1 Å². The maximum Gasteiger partial charge on any atom is 0.182 e. The summed E-state index contributed by atoms with van der Waals surface area (Å²) in [6.45, 7) is 26.5. The SMILES string of the molecule is CC1(C)N=C(c2ccc(-c3nc(-c4ccc(C5=NC(C)(C)C(C)(C)N5c5ccccc5)cn4)nc(-c4ccc(C5=NC(C)(C)C(C)(C)N5c5ccccc5)cn4)n3)nc2)N(c2ccccc2)C1(C)C. The van der Waals surface area contributed by atoms with E-state index in [2.05, 4.69) is 171 Å². The summed E-state index contributed by atoms with van der Waals surface area (Å²) in [6.07, 6.45) is 5.58. The lowest BCUT2D eigenvalue weighted by atomic mass is 9.83. The van der Waals surface area contributed by atoms with Gasteiger partial charge in [0.25, 0.3) is 0 Å². The number of anilines is 3. The van der Waals surface area contributed by atoms with E-state index < -0.39 is 0 Å². The molecule has 10 rings (SSSR count). The van der Waals surface area contributed by atoms with Gasteiger partial charge in [-0.25, -0.2) is 15.0 Å². The molecule has 0 atom stereocenters. The molecule has 0 radical (unpaired) electrons. The first-order valence-corrected chi connectivity index (χ1v) is 23.7. The van der Waals surface area contributed by atoms with Gasteiger partial charge in [0.05, 0.1) is 33.2 Å². The Morgan fingerprint density at radius 3 is 0.768 bits per heavy atom. The first-order valence-electron chi connectivity index (χ1n) is 23.7. The predicted octanol–water partition coefficient (Wildman–Crippen LogP) is 11.5. The molecule has 0 spiro atoms. The van der Waals surface area contributed by atoms with Crippen molar-refractivity contribution < 1.29 is 0 Å². The molecule has 69 heavy (non-hydrogen) atoms. The van der Waals surface area contributed by atoms with E-state index in [0.29, 0.717) is 34.6 Å². The molecule has 4 aromatic heterocycles. The molecule has 3 aliphatic heterocycles. The number of hydrogen-bond donors (Lipinski definition) is 0. The van der Waals surface area contributed by atoms with Crippen LogP contribution in [0.5, 0.6) is 0 Å². The first kappa shape index (κ1) is 45.3. The fourth-order valence-corrected chi connectivity index (χ4v) is 9.31. The summed E-state index contributed by atoms with van der Waals surface area (Å²) in [5.41, 5.74) is 5.58. The van der Waals surface area contributed by atoms with E-state index in [1.54, 1.807) is 0 Å². The van der Waals surface area contributed by atoms with Gasteiger partial charge < -0.3 is 14.7 Å². The summed E-state index contributed by atoms with van der Waals surface area (Å²) >= 11 is 0. The second-order valence-corrected chi connectivity index (χ2v) is 21.3. The summed E-state index contributed by atoms with van der Waals surface area (Å²) in [6, 6.07) is 43.2. The molecular formula is C57H60N12. The number of aromatic nitrogens is 6. The summed E-state index contributed by atoms with van der Waals surface area (Å²) in [4.78, 5) is 52.9. The molecule has 0 saturated heterocycles. The zero-order valence-corrected chi connectivity index (χ0v) is 41.7. The smallest absolute Gasteiger partial charge is 0.182 e. The molecule has 7 heterocycles. The van der Waals surface area contributed by atoms with Gasteiger partial charge in [0.1, 0.15) is 34.6 Å². The molecule has 12 heteroatoms. The Bertz CT molecular complexity index is 2780. The Morgan fingerprint density at radius 1 is 0.304 bits per heavy atom. The number of aliphatic imine (C=N–C) groups is 3. The van der Waals surface area contributed by atoms with Gasteiger partial charge in [-0.15, -0.1) is 0 Å². The lowest BCUT2D eigenvalue weighted by Gasteiger charge is -2.41. The topological polar surface area (TPSA) is 124 Å². The average molecular weight is 913 g/mol. The van der Waals surface area contributed by atoms with Crippen molar-refractivity contribution in [3.05, 3.63) is 163 Å². The first-order chi connectivity index (χ1) is 32.7. The lowest BCUT2D eigenvalue weighted by Crippen LogP contribution is -2.53. The quantitative estimate of drug-likeness (QED) is 0.139. The molecular weight excluding hydrogens is 853 g/mol. The molecule has 348 valence electrons. The van der Waals surface area contributed by atoms with Gasteiger partial charge >= 0.3 is 0 Å². The fourth-order valence-electron chi connectivity index (χ4n) is 9.31. The molecule has 0 fully saturated rings. The summed E-state index contributed by atoms with van der Waals surface area (Å²) in [5.74, 6) is 3.75. The van der Waals surface area contributed by atoms with Crippen LogP contribution in [0.3, 0.4) is 0 Å². The Hall–Kier alpha value is -7.47. The molecule has 0 amide bonds. The van der Waals surface area contributed by atoms with Gasteiger partial charge in [0, 0.05) is 52.3 Å². The van der Waals surface area contributed by atoms with Crippen molar-refractivity contribution in [2.24, 2.45) is 15.0 Å². The second kappa shape index (κ2) is 16.1. The highest BCUT2D eigenvalue weighted by molar-refractivity contribution is 6.14. The van der Waals surface area contributed by atoms with Crippen LogP contribution >= 0.6 is 0 Å². The largest absolute Gasteiger partial charge is 0.318 e. The molecule has 0 N–H and O–H groups in total. The zero-order chi connectivity index (χ0) is 48.7. The number of amidine groups is 3. The molecule has 3 aliphatic rings. The normalized spacial score (nSPS) is 19.3. The van der Waals surface area contributed by atoms with E-state index in [1.807, 2.05) is 73.2 Å². The van der Waals surface area contributed by atoms with Crippen molar-refractivity contribution >= 4 is 34.6 Å². The molecule has 3 aromatic carbocycles. The van der Waals surface area contributed by atoms with Crippen LogP contribution in [0, 0.1) is 0 Å². The highest BCUT2D eigenvalue weighted by Gasteiger charge is 2.52. The van der Waals surface area contributed by atoms with Crippen molar-refractivity contribution in [3.8, 4) is 34.6 Å². The fraction of sp³-hybridized carbons (Fsp3) is 0.316. The molecule has 0 bridgehead atoms. The summed E-state index contributed by atoms with van der Waals surface area (Å²) in [7, 11) is 0. The number of para-hydroxylation sites is 3. The Morgan fingerprint density at radius 2 is 0.551 bits per heavy atom. The third kappa shape index (κ3) is 7.48. The van der Waals surface area contributed by atoms with Crippen molar-refractivity contribution in [2.75, 3.05) is 14.7 Å². The van der Waals surface area contributed by atoms with Crippen molar-refractivity contribution in [1.29, 1.82) is 0 Å². The monoisotopic (exact) mass is 913 g/mol. The Kier molecular flexibility index (Phi) is 10.6. The van der Waals surface area contributed by atoms with E-state index >= 15 is 0 Å². The van der Waals surface area contributed by atoms with Crippen LogP contribution in [0.25, 0.3) is 34.6 Å². The van der Waals surface area contributed by atoms with E-state index in [0.717, 1.165) is 51.3 Å². The highest BCUT2D eigenvalue weighted by atomic mass is 15.4. The minimum absolute atomic E-state index is 0.307. The standard InChI is InChI=1S/C57H60N12/c1-52(2)55(7,8)67(40-22-16-13-17-23-40)49(64-52)37-28-31-43(58-34-37)46-61-47(44-32-29-38(35-59-44)50-65-53(3,4)56(9,10)68(50)41-24-18-14-19-25-41)63-48(62-46)45-33-30-39(36-60-45)51-66-54(5,6)57(11,12)69(51)42-26-20-15-21-27-42/h13-36H,1-12H3. The molecule has 0 aliphatic carbocycles. The van der Waals surface area contributed by atoms with Crippen molar-refractivity contribution in [1.82, 2.24) is 29.9 Å². The molecule has 0 saturated carbocycles. The van der Waals surface area contributed by atoms with Crippen LogP contribution in [-0.4, -0.2) is 80.6 Å². The molecule has 7 aromatic rings. The Labute approximate surface area is 406 Å². The van der Waals surface area contributed by atoms with Crippen LogP contribution in [0.2, 0.25) is 0 Å². The number of rotatable bonds is 9. The van der Waals surface area contributed by atoms with E-state index in [4.69, 9.17) is 44.9 Å². The van der Waals surface area contributed by atoms with Crippen molar-refractivity contribution in [2.45, 2.75) is 116 Å². The summed E-state index contributed by atoms with van der Waals surface area (Å²) < 4.78 is 0. The minimum atomic E-state index is -0.368. The third-order valence-electron chi connectivity index (χ3n) is 15.4. The van der Waals surface area contributed by atoms with Crippen molar-refractivity contribution in [3.63, 3.8) is 0 Å². The number of nitrogens with zero attached hydrogens (tertiary/aromatic N) is 12. The van der Waals surface area contributed by atoms with E-state index in [1.165, 1.54) is 0 Å². The lowest BCUT2D eigenvalue weighted by molar-refractivity contribution is 0.338. The summed E-state index contributed by atoms with van der Waals surface area (Å²) in [5, 5.41) is 0. The highest BCUT2D eigenvalue weighted by Crippen LogP contribution is 2.45. The van der Waals surface area contributed by atoms with Crippen LogP contribution in [-0.2, 0) is 0 Å². The second-order valence-electron chi connectivity index (χ2n) is 21.3. The van der Waals surface area contributed by atoms with Gasteiger partial charge in [0.15, 0.2) is 17.5 Å². The predicted molar refractivity (Wildman–Crippen MR) is 280 cm³/mol. The van der Waals surface area contributed by atoms with Gasteiger partial charge in [0.2, 0.25) is 0 Å². The molecule has 0 unspecified atom stereocenters. The third-order valence-corrected chi connectivity index (χ3v) is 15.4. The molecule has 12 nitrogen and oxygen atoms in total. The van der Waals surface area contributed by atoms with E-state index in [9.17, 15) is 0 Å². The van der Waals surface area contributed by atoms with E-state index in [-0.39, 0.29) is 33.2 Å². The average Bonchev–Trinajstić information content (AvgIpc) is 3.76. The maximum absolute atomic E-state index is 5.28. The van der Waals surface area contributed by atoms with Gasteiger partial charge in [-0.2, -0.15) is 0 Å². The maximum atomic E-state index is 5.28. The van der Waals surface area contributed by atoms with Crippen LogP contribution in [0.15, 0.2) is 161 Å². The van der Waals surface area contributed by atoms with Gasteiger partial charge in [-0.05, 0) is 156 Å².